The molecule has 3 rings (SSSR count). The van der Waals surface area contributed by atoms with E-state index >= 15 is 0 Å². The Kier molecular flexibility index (Phi) is 7.22. The summed E-state index contributed by atoms with van der Waals surface area (Å²) in [6.07, 6.45) is 4.91. The van der Waals surface area contributed by atoms with Gasteiger partial charge in [0.15, 0.2) is 5.65 Å². The Morgan fingerprint density at radius 2 is 2.00 bits per heavy atom. The number of aryl methyl sites for hydroxylation is 2. The van der Waals surface area contributed by atoms with Crippen molar-refractivity contribution < 1.29 is 9.53 Å². The molecule has 2 heterocycles. The van der Waals surface area contributed by atoms with Crippen LogP contribution in [0.15, 0.2) is 42.6 Å². The Morgan fingerprint density at radius 3 is 2.72 bits per heavy atom. The molecule has 0 aliphatic heterocycles. The predicted molar refractivity (Wildman–Crippen MR) is 115 cm³/mol. The van der Waals surface area contributed by atoms with E-state index < -0.39 is 0 Å². The van der Waals surface area contributed by atoms with Gasteiger partial charge in [0.2, 0.25) is 5.91 Å². The zero-order valence-electron chi connectivity index (χ0n) is 17.5. The SMILES string of the molecule is COc1ccc(CNC(=O)CCCc2nc3cccnc3n2CCC(C)C)cc1. The number of imidazole rings is 1. The van der Waals surface area contributed by atoms with Crippen LogP contribution in [0.4, 0.5) is 0 Å². The van der Waals surface area contributed by atoms with E-state index in [1.54, 1.807) is 7.11 Å². The van der Waals surface area contributed by atoms with Gasteiger partial charge in [0, 0.05) is 32.1 Å². The minimum absolute atomic E-state index is 0.0591. The number of rotatable bonds is 10. The molecule has 2 aromatic heterocycles. The number of aromatic nitrogens is 3. The van der Waals surface area contributed by atoms with Crippen LogP contribution in [-0.4, -0.2) is 27.6 Å². The fraction of sp³-hybridized carbons (Fsp3) is 0.435. The van der Waals surface area contributed by atoms with Gasteiger partial charge in [-0.05, 0) is 48.6 Å². The highest BCUT2D eigenvalue weighted by atomic mass is 16.5. The summed E-state index contributed by atoms with van der Waals surface area (Å²) in [5.41, 5.74) is 2.92. The zero-order valence-corrected chi connectivity index (χ0v) is 17.5. The number of nitrogens with zero attached hydrogens (tertiary/aromatic N) is 3. The van der Waals surface area contributed by atoms with Gasteiger partial charge in [-0.1, -0.05) is 26.0 Å². The minimum Gasteiger partial charge on any atom is -0.497 e. The minimum atomic E-state index is 0.0591. The monoisotopic (exact) mass is 394 g/mol. The van der Waals surface area contributed by atoms with Crippen molar-refractivity contribution in [2.45, 2.75) is 52.6 Å². The lowest BCUT2D eigenvalue weighted by molar-refractivity contribution is -0.121. The van der Waals surface area contributed by atoms with Crippen molar-refractivity contribution in [1.29, 1.82) is 0 Å². The van der Waals surface area contributed by atoms with E-state index in [0.29, 0.717) is 18.9 Å². The number of pyridine rings is 1. The van der Waals surface area contributed by atoms with Crippen LogP contribution in [0.3, 0.4) is 0 Å². The van der Waals surface area contributed by atoms with Gasteiger partial charge in [-0.2, -0.15) is 0 Å². The normalized spacial score (nSPS) is 11.2. The summed E-state index contributed by atoms with van der Waals surface area (Å²) in [6.45, 7) is 5.88. The third-order valence-corrected chi connectivity index (χ3v) is 4.97. The molecular weight excluding hydrogens is 364 g/mol. The predicted octanol–water partition coefficient (Wildman–Crippen LogP) is 4.13. The Hall–Kier alpha value is -2.89. The quantitative estimate of drug-likeness (QED) is 0.561. The molecule has 1 aromatic carbocycles. The van der Waals surface area contributed by atoms with E-state index in [1.165, 1.54) is 0 Å². The molecule has 0 atom stereocenters. The Morgan fingerprint density at radius 1 is 1.21 bits per heavy atom. The Balaban J connectivity index is 1.53. The smallest absolute Gasteiger partial charge is 0.220 e. The van der Waals surface area contributed by atoms with Gasteiger partial charge >= 0.3 is 0 Å². The van der Waals surface area contributed by atoms with Crippen molar-refractivity contribution in [3.63, 3.8) is 0 Å². The number of nitrogens with one attached hydrogen (secondary N) is 1. The summed E-state index contributed by atoms with van der Waals surface area (Å²) in [6, 6.07) is 11.6. The second-order valence-electron chi connectivity index (χ2n) is 7.69. The number of fused-ring (bicyclic) bond motifs is 1. The van der Waals surface area contributed by atoms with Crippen molar-refractivity contribution in [1.82, 2.24) is 19.9 Å². The number of amides is 1. The summed E-state index contributed by atoms with van der Waals surface area (Å²) in [7, 11) is 1.64. The van der Waals surface area contributed by atoms with E-state index in [4.69, 9.17) is 9.72 Å². The molecule has 0 bridgehead atoms. The van der Waals surface area contributed by atoms with Crippen LogP contribution in [0.2, 0.25) is 0 Å². The standard InChI is InChI=1S/C23H30N4O2/c1-17(2)13-15-27-21(26-20-6-5-14-24-23(20)27)7-4-8-22(28)25-16-18-9-11-19(29-3)12-10-18/h5-6,9-12,14,17H,4,7-8,13,15-16H2,1-3H3,(H,25,28). The van der Waals surface area contributed by atoms with Crippen molar-refractivity contribution in [2.75, 3.05) is 7.11 Å². The molecule has 6 heteroatoms. The maximum Gasteiger partial charge on any atom is 0.220 e. The number of benzene rings is 1. The summed E-state index contributed by atoms with van der Waals surface area (Å²) >= 11 is 0. The van der Waals surface area contributed by atoms with Crippen LogP contribution in [0, 0.1) is 5.92 Å². The first-order chi connectivity index (χ1) is 14.1. The van der Waals surface area contributed by atoms with Crippen LogP contribution in [0.1, 0.15) is 44.5 Å². The fourth-order valence-electron chi connectivity index (χ4n) is 3.26. The summed E-state index contributed by atoms with van der Waals surface area (Å²) in [5.74, 6) is 2.51. The van der Waals surface area contributed by atoms with Gasteiger partial charge in [-0.25, -0.2) is 9.97 Å². The van der Waals surface area contributed by atoms with E-state index in [9.17, 15) is 4.79 Å². The van der Waals surface area contributed by atoms with Crippen LogP contribution in [0.5, 0.6) is 5.75 Å². The van der Waals surface area contributed by atoms with Gasteiger partial charge in [0.1, 0.15) is 17.1 Å². The van der Waals surface area contributed by atoms with Crippen LogP contribution in [0.25, 0.3) is 11.2 Å². The molecule has 0 unspecified atom stereocenters. The van der Waals surface area contributed by atoms with Gasteiger partial charge < -0.3 is 14.6 Å². The molecule has 0 aliphatic rings. The summed E-state index contributed by atoms with van der Waals surface area (Å²) in [5, 5.41) is 2.98. The highest BCUT2D eigenvalue weighted by molar-refractivity contribution is 5.76. The fourth-order valence-corrected chi connectivity index (χ4v) is 3.26. The molecule has 0 spiro atoms. The van der Waals surface area contributed by atoms with Crippen molar-refractivity contribution >= 4 is 17.1 Å². The molecule has 154 valence electrons. The topological polar surface area (TPSA) is 69.0 Å². The average molecular weight is 395 g/mol. The second kappa shape index (κ2) is 10.0. The lowest BCUT2D eigenvalue weighted by Crippen LogP contribution is -2.22. The molecule has 0 saturated carbocycles. The molecule has 3 aromatic rings. The molecule has 0 aliphatic carbocycles. The van der Waals surface area contributed by atoms with Crippen molar-refractivity contribution in [3.05, 3.63) is 54.0 Å². The number of methoxy groups -OCH3 is 1. The maximum atomic E-state index is 12.2. The highest BCUT2D eigenvalue weighted by Crippen LogP contribution is 2.17. The third kappa shape index (κ3) is 5.79. The van der Waals surface area contributed by atoms with E-state index in [-0.39, 0.29) is 5.91 Å². The van der Waals surface area contributed by atoms with Gasteiger partial charge in [0.05, 0.1) is 7.11 Å². The van der Waals surface area contributed by atoms with Crippen LogP contribution >= 0.6 is 0 Å². The van der Waals surface area contributed by atoms with Crippen molar-refractivity contribution in [2.24, 2.45) is 5.92 Å². The van der Waals surface area contributed by atoms with Gasteiger partial charge in [0.25, 0.3) is 0 Å². The third-order valence-electron chi connectivity index (χ3n) is 4.97. The zero-order chi connectivity index (χ0) is 20.6. The highest BCUT2D eigenvalue weighted by Gasteiger charge is 2.12. The van der Waals surface area contributed by atoms with Gasteiger partial charge in [-0.15, -0.1) is 0 Å². The Labute approximate surface area is 172 Å². The lowest BCUT2D eigenvalue weighted by Gasteiger charge is -2.10. The first-order valence-corrected chi connectivity index (χ1v) is 10.3. The first-order valence-electron chi connectivity index (χ1n) is 10.3. The molecular formula is C23H30N4O2. The summed E-state index contributed by atoms with van der Waals surface area (Å²) in [4.78, 5) is 21.5. The molecule has 6 nitrogen and oxygen atoms in total. The molecule has 1 amide bonds. The van der Waals surface area contributed by atoms with Crippen LogP contribution < -0.4 is 10.1 Å². The van der Waals surface area contributed by atoms with Crippen molar-refractivity contribution in [3.8, 4) is 5.75 Å². The van der Waals surface area contributed by atoms with E-state index in [0.717, 1.165) is 54.1 Å². The molecule has 29 heavy (non-hydrogen) atoms. The van der Waals surface area contributed by atoms with E-state index in [2.05, 4.69) is 28.7 Å². The lowest BCUT2D eigenvalue weighted by atomic mass is 10.1. The largest absolute Gasteiger partial charge is 0.497 e. The summed E-state index contributed by atoms with van der Waals surface area (Å²) < 4.78 is 7.36. The van der Waals surface area contributed by atoms with Gasteiger partial charge in [-0.3, -0.25) is 4.79 Å². The number of carbonyl (C=O) groups excluding carboxylic acids is 1. The van der Waals surface area contributed by atoms with Crippen LogP contribution in [-0.2, 0) is 24.3 Å². The number of hydrogen-bond acceptors (Lipinski definition) is 4. The number of carbonyl (C=O) groups is 1. The Bertz CT molecular complexity index is 932. The first kappa shape index (κ1) is 20.8. The molecule has 0 radical (unpaired) electrons. The second-order valence-corrected chi connectivity index (χ2v) is 7.69. The molecule has 0 fully saturated rings. The number of hydrogen-bond donors (Lipinski definition) is 1. The van der Waals surface area contributed by atoms with E-state index in [1.807, 2.05) is 42.6 Å². The average Bonchev–Trinajstić information content (AvgIpc) is 3.08. The number of ether oxygens (including phenoxy) is 1. The molecule has 1 N–H and O–H groups in total. The molecule has 0 saturated heterocycles. The maximum absolute atomic E-state index is 12.2.